The van der Waals surface area contributed by atoms with Crippen molar-refractivity contribution < 1.29 is 19.8 Å². The standard InChI is InChI=1S/C13H17NO4/c1-14(11(7-8-15)13(17)18)12(16)9-10-5-3-2-4-6-10/h2-6,11,15H,7-9H2,1H3,(H,17,18)/t11-/m0/s1. The Kier molecular flexibility index (Phi) is 5.32. The molecular formula is C13H17NO4. The van der Waals surface area contributed by atoms with Crippen LogP contribution in [0.1, 0.15) is 12.0 Å². The molecule has 0 aliphatic carbocycles. The lowest BCUT2D eigenvalue weighted by atomic mass is 10.1. The van der Waals surface area contributed by atoms with Crippen molar-refractivity contribution in [3.63, 3.8) is 0 Å². The van der Waals surface area contributed by atoms with Crippen molar-refractivity contribution in [2.75, 3.05) is 13.7 Å². The minimum Gasteiger partial charge on any atom is -0.480 e. The summed E-state index contributed by atoms with van der Waals surface area (Å²) in [7, 11) is 1.44. The Morgan fingerprint density at radius 1 is 1.28 bits per heavy atom. The lowest BCUT2D eigenvalue weighted by Crippen LogP contribution is -2.43. The van der Waals surface area contributed by atoms with E-state index >= 15 is 0 Å². The number of hydrogen-bond donors (Lipinski definition) is 2. The van der Waals surface area contributed by atoms with Crippen LogP contribution < -0.4 is 0 Å². The molecule has 0 saturated heterocycles. The number of carbonyl (C=O) groups is 2. The van der Waals surface area contributed by atoms with E-state index in [9.17, 15) is 9.59 Å². The Morgan fingerprint density at radius 3 is 2.39 bits per heavy atom. The molecule has 1 atom stereocenters. The average molecular weight is 251 g/mol. The summed E-state index contributed by atoms with van der Waals surface area (Å²) in [6.07, 6.45) is 0.193. The fourth-order valence-electron chi connectivity index (χ4n) is 1.67. The van der Waals surface area contributed by atoms with Gasteiger partial charge in [-0.3, -0.25) is 4.79 Å². The summed E-state index contributed by atoms with van der Waals surface area (Å²) in [5.41, 5.74) is 0.836. The van der Waals surface area contributed by atoms with E-state index in [0.29, 0.717) is 0 Å². The molecule has 0 saturated carbocycles. The zero-order chi connectivity index (χ0) is 13.5. The molecular weight excluding hydrogens is 234 g/mol. The number of benzene rings is 1. The molecule has 0 fully saturated rings. The Labute approximate surface area is 106 Å². The van der Waals surface area contributed by atoms with Crippen LogP contribution in [0.15, 0.2) is 30.3 Å². The maximum absolute atomic E-state index is 11.9. The first-order chi connectivity index (χ1) is 8.56. The summed E-state index contributed by atoms with van der Waals surface area (Å²) >= 11 is 0. The smallest absolute Gasteiger partial charge is 0.326 e. The lowest BCUT2D eigenvalue weighted by Gasteiger charge is -2.24. The predicted molar refractivity (Wildman–Crippen MR) is 66.0 cm³/mol. The van der Waals surface area contributed by atoms with Crippen LogP contribution in [0.4, 0.5) is 0 Å². The summed E-state index contributed by atoms with van der Waals surface area (Å²) in [5.74, 6) is -1.38. The number of aliphatic hydroxyl groups excluding tert-OH is 1. The van der Waals surface area contributed by atoms with Crippen LogP contribution in [0.25, 0.3) is 0 Å². The monoisotopic (exact) mass is 251 g/mol. The first-order valence-corrected chi connectivity index (χ1v) is 5.69. The van der Waals surface area contributed by atoms with Crippen molar-refractivity contribution >= 4 is 11.9 Å². The van der Waals surface area contributed by atoms with Gasteiger partial charge in [0.2, 0.25) is 5.91 Å². The van der Waals surface area contributed by atoms with Gasteiger partial charge in [0, 0.05) is 20.1 Å². The minimum atomic E-state index is -1.10. The molecule has 5 heteroatoms. The van der Waals surface area contributed by atoms with Crippen molar-refractivity contribution in [1.82, 2.24) is 4.90 Å². The number of rotatable bonds is 6. The van der Waals surface area contributed by atoms with E-state index in [1.54, 1.807) is 0 Å². The number of hydrogen-bond acceptors (Lipinski definition) is 3. The van der Waals surface area contributed by atoms with Gasteiger partial charge >= 0.3 is 5.97 Å². The van der Waals surface area contributed by atoms with Crippen LogP contribution >= 0.6 is 0 Å². The fraction of sp³-hybridized carbons (Fsp3) is 0.385. The zero-order valence-corrected chi connectivity index (χ0v) is 10.2. The summed E-state index contributed by atoms with van der Waals surface area (Å²) < 4.78 is 0. The third-order valence-corrected chi connectivity index (χ3v) is 2.75. The van der Waals surface area contributed by atoms with E-state index in [1.165, 1.54) is 11.9 Å². The highest BCUT2D eigenvalue weighted by Crippen LogP contribution is 2.07. The summed E-state index contributed by atoms with van der Waals surface area (Å²) in [5, 5.41) is 17.8. The van der Waals surface area contributed by atoms with Gasteiger partial charge in [-0.25, -0.2) is 4.79 Å². The second-order valence-electron chi connectivity index (χ2n) is 4.03. The number of likely N-dealkylation sites (N-methyl/N-ethyl adjacent to an activating group) is 1. The second-order valence-corrected chi connectivity index (χ2v) is 4.03. The maximum atomic E-state index is 11.9. The SMILES string of the molecule is CN(C(=O)Cc1ccccc1)[C@@H](CCO)C(=O)O. The molecule has 5 nitrogen and oxygen atoms in total. The van der Waals surface area contributed by atoms with Crippen LogP contribution in [-0.4, -0.2) is 46.7 Å². The molecule has 2 N–H and O–H groups in total. The zero-order valence-electron chi connectivity index (χ0n) is 10.2. The van der Waals surface area contributed by atoms with E-state index in [-0.39, 0.29) is 25.4 Å². The second kappa shape index (κ2) is 6.76. The topological polar surface area (TPSA) is 77.8 Å². The molecule has 0 unspecified atom stereocenters. The molecule has 98 valence electrons. The van der Waals surface area contributed by atoms with Crippen molar-refractivity contribution in [3.8, 4) is 0 Å². The van der Waals surface area contributed by atoms with E-state index in [4.69, 9.17) is 10.2 Å². The number of carboxylic acid groups (broad SMARTS) is 1. The Bertz CT molecular complexity index is 405. The highest BCUT2D eigenvalue weighted by molar-refractivity contribution is 5.84. The van der Waals surface area contributed by atoms with Crippen LogP contribution in [0, 0.1) is 0 Å². The van der Waals surface area contributed by atoms with Crippen molar-refractivity contribution in [2.45, 2.75) is 18.9 Å². The number of aliphatic hydroxyl groups is 1. The minimum absolute atomic E-state index is 0.0341. The van der Waals surface area contributed by atoms with Crippen molar-refractivity contribution in [2.24, 2.45) is 0 Å². The van der Waals surface area contributed by atoms with Gasteiger partial charge in [0.05, 0.1) is 6.42 Å². The highest BCUT2D eigenvalue weighted by Gasteiger charge is 2.25. The van der Waals surface area contributed by atoms with Gasteiger partial charge in [0.15, 0.2) is 0 Å². The van der Waals surface area contributed by atoms with Gasteiger partial charge in [-0.15, -0.1) is 0 Å². The van der Waals surface area contributed by atoms with Gasteiger partial charge in [-0.1, -0.05) is 30.3 Å². The molecule has 1 rings (SSSR count). The molecule has 1 amide bonds. The van der Waals surface area contributed by atoms with Crippen LogP contribution in [0.5, 0.6) is 0 Å². The number of aliphatic carboxylic acids is 1. The summed E-state index contributed by atoms with van der Waals surface area (Å²) in [4.78, 5) is 24.1. The number of carbonyl (C=O) groups excluding carboxylic acids is 1. The van der Waals surface area contributed by atoms with Crippen molar-refractivity contribution in [1.29, 1.82) is 0 Å². The van der Waals surface area contributed by atoms with Gasteiger partial charge in [0.25, 0.3) is 0 Å². The molecule has 0 aliphatic heterocycles. The van der Waals surface area contributed by atoms with Crippen LogP contribution in [-0.2, 0) is 16.0 Å². The normalized spacial score (nSPS) is 11.9. The predicted octanol–water partition coefficient (Wildman–Crippen LogP) is 0.523. The highest BCUT2D eigenvalue weighted by atomic mass is 16.4. The first-order valence-electron chi connectivity index (χ1n) is 5.69. The third kappa shape index (κ3) is 3.85. The van der Waals surface area contributed by atoms with Gasteiger partial charge in [-0.2, -0.15) is 0 Å². The van der Waals surface area contributed by atoms with Gasteiger partial charge < -0.3 is 15.1 Å². The Hall–Kier alpha value is -1.88. The number of amides is 1. The first kappa shape index (κ1) is 14.2. The molecule has 1 aromatic carbocycles. The van der Waals surface area contributed by atoms with Gasteiger partial charge in [-0.05, 0) is 5.56 Å². The largest absolute Gasteiger partial charge is 0.480 e. The quantitative estimate of drug-likeness (QED) is 0.772. The van der Waals surface area contributed by atoms with Gasteiger partial charge in [0.1, 0.15) is 6.04 Å². The van der Waals surface area contributed by atoms with E-state index in [0.717, 1.165) is 5.56 Å². The third-order valence-electron chi connectivity index (χ3n) is 2.75. The van der Waals surface area contributed by atoms with Crippen LogP contribution in [0.3, 0.4) is 0 Å². The maximum Gasteiger partial charge on any atom is 0.326 e. The number of carboxylic acids is 1. The molecule has 0 aliphatic rings. The fourth-order valence-corrected chi connectivity index (χ4v) is 1.67. The van der Waals surface area contributed by atoms with Crippen molar-refractivity contribution in [3.05, 3.63) is 35.9 Å². The molecule has 0 bridgehead atoms. The van der Waals surface area contributed by atoms with E-state index in [1.807, 2.05) is 30.3 Å². The van der Waals surface area contributed by atoms with E-state index in [2.05, 4.69) is 0 Å². The molecule has 0 heterocycles. The summed E-state index contributed by atoms with van der Waals surface area (Å²) in [6, 6.07) is 8.15. The Morgan fingerprint density at radius 2 is 1.89 bits per heavy atom. The molecule has 0 spiro atoms. The summed E-state index contributed by atoms with van der Waals surface area (Å²) in [6.45, 7) is -0.264. The average Bonchev–Trinajstić information content (AvgIpc) is 2.36. The molecule has 1 aromatic rings. The molecule has 0 radical (unpaired) electrons. The molecule has 18 heavy (non-hydrogen) atoms. The Balaban J connectivity index is 2.67. The van der Waals surface area contributed by atoms with Crippen LogP contribution in [0.2, 0.25) is 0 Å². The molecule has 0 aromatic heterocycles. The van der Waals surface area contributed by atoms with E-state index < -0.39 is 12.0 Å². The number of nitrogens with zero attached hydrogens (tertiary/aromatic N) is 1. The lowest BCUT2D eigenvalue weighted by molar-refractivity contribution is -0.149.